The van der Waals surface area contributed by atoms with E-state index < -0.39 is 5.97 Å². The van der Waals surface area contributed by atoms with E-state index in [1.54, 1.807) is 25.0 Å². The molecule has 0 aromatic heterocycles. The Morgan fingerprint density at radius 3 is 2.33 bits per heavy atom. The van der Waals surface area contributed by atoms with Gasteiger partial charge in [-0.15, -0.1) is 0 Å². The van der Waals surface area contributed by atoms with Crippen LogP contribution in [0.15, 0.2) is 83.6 Å². The first-order chi connectivity index (χ1) is 14.5. The van der Waals surface area contributed by atoms with Gasteiger partial charge in [-0.25, -0.2) is 4.79 Å². The van der Waals surface area contributed by atoms with Crippen molar-refractivity contribution in [2.45, 2.75) is 6.92 Å². The second-order valence-corrected chi connectivity index (χ2v) is 6.92. The van der Waals surface area contributed by atoms with Gasteiger partial charge in [0.1, 0.15) is 5.75 Å². The highest BCUT2D eigenvalue weighted by Crippen LogP contribution is 2.38. The van der Waals surface area contributed by atoms with Crippen LogP contribution in [0.2, 0.25) is 0 Å². The Morgan fingerprint density at radius 2 is 1.63 bits per heavy atom. The van der Waals surface area contributed by atoms with E-state index in [1.165, 1.54) is 7.11 Å². The molecule has 0 radical (unpaired) electrons. The molecule has 0 N–H and O–H groups in total. The van der Waals surface area contributed by atoms with Gasteiger partial charge in [-0.3, -0.25) is 9.69 Å². The van der Waals surface area contributed by atoms with Crippen molar-refractivity contribution in [2.24, 2.45) is 0 Å². The first-order valence-electron chi connectivity index (χ1n) is 9.52. The monoisotopic (exact) mass is 399 g/mol. The summed E-state index contributed by atoms with van der Waals surface area (Å²) in [5.74, 6) is -0.0874. The number of allylic oxidation sites excluding steroid dienone is 1. The molecule has 0 aliphatic carbocycles. The highest BCUT2D eigenvalue weighted by atomic mass is 16.5. The zero-order chi connectivity index (χ0) is 21.3. The highest BCUT2D eigenvalue weighted by molar-refractivity contribution is 6.25. The average molecular weight is 399 g/mol. The number of methoxy groups -OCH3 is 2. The molecular formula is C25H21NO4. The van der Waals surface area contributed by atoms with Crippen molar-refractivity contribution in [3.63, 3.8) is 0 Å². The van der Waals surface area contributed by atoms with Gasteiger partial charge in [0.15, 0.2) is 0 Å². The van der Waals surface area contributed by atoms with E-state index in [-0.39, 0.29) is 11.5 Å². The number of carbonyl (C=O) groups is 2. The topological polar surface area (TPSA) is 55.8 Å². The van der Waals surface area contributed by atoms with E-state index in [1.807, 2.05) is 66.7 Å². The number of nitrogens with zero attached hydrogens (tertiary/aromatic N) is 1. The van der Waals surface area contributed by atoms with Crippen LogP contribution in [0.5, 0.6) is 5.75 Å². The fourth-order valence-corrected chi connectivity index (χ4v) is 3.74. The molecule has 0 spiro atoms. The first-order valence-corrected chi connectivity index (χ1v) is 9.52. The van der Waals surface area contributed by atoms with Crippen LogP contribution in [-0.4, -0.2) is 26.1 Å². The Balaban J connectivity index is 1.87. The molecule has 0 saturated heterocycles. The lowest BCUT2D eigenvalue weighted by molar-refractivity contribution is -0.136. The van der Waals surface area contributed by atoms with Gasteiger partial charge >= 0.3 is 5.97 Å². The number of hydrogen-bond donors (Lipinski definition) is 0. The quantitative estimate of drug-likeness (QED) is 0.470. The molecule has 1 amide bonds. The van der Waals surface area contributed by atoms with E-state index >= 15 is 0 Å². The molecule has 0 unspecified atom stereocenters. The molecule has 1 heterocycles. The second kappa shape index (κ2) is 7.87. The van der Waals surface area contributed by atoms with Crippen LogP contribution in [-0.2, 0) is 14.3 Å². The number of ether oxygens (including phenoxy) is 2. The Bertz CT molecular complexity index is 1200. The minimum absolute atomic E-state index is 0.264. The third-order valence-corrected chi connectivity index (χ3v) is 5.22. The van der Waals surface area contributed by atoms with Crippen LogP contribution >= 0.6 is 0 Å². The van der Waals surface area contributed by atoms with Gasteiger partial charge in [0.25, 0.3) is 5.91 Å². The lowest BCUT2D eigenvalue weighted by atomic mass is 10.0. The Hall–Kier alpha value is -3.86. The fraction of sp³-hybridized carbons (Fsp3) is 0.120. The molecule has 0 fully saturated rings. The Kier molecular flexibility index (Phi) is 5.11. The van der Waals surface area contributed by atoms with Crippen molar-refractivity contribution in [2.75, 3.05) is 19.1 Å². The van der Waals surface area contributed by atoms with Gasteiger partial charge in [-0.1, -0.05) is 48.5 Å². The van der Waals surface area contributed by atoms with Crippen molar-refractivity contribution in [1.82, 2.24) is 0 Å². The van der Waals surface area contributed by atoms with E-state index in [0.29, 0.717) is 17.0 Å². The lowest BCUT2D eigenvalue weighted by Crippen LogP contribution is -2.24. The maximum Gasteiger partial charge on any atom is 0.340 e. The van der Waals surface area contributed by atoms with Crippen molar-refractivity contribution in [3.8, 4) is 5.75 Å². The molecule has 3 aromatic rings. The number of benzene rings is 3. The normalized spacial score (nSPS) is 15.2. The summed E-state index contributed by atoms with van der Waals surface area (Å²) in [5.41, 5.74) is 2.63. The summed E-state index contributed by atoms with van der Waals surface area (Å²) >= 11 is 0. The van der Waals surface area contributed by atoms with E-state index in [9.17, 15) is 9.59 Å². The summed E-state index contributed by atoms with van der Waals surface area (Å²) in [6.45, 7) is 1.76. The minimum Gasteiger partial charge on any atom is -0.497 e. The summed E-state index contributed by atoms with van der Waals surface area (Å²) in [6.07, 6.45) is 1.71. The van der Waals surface area contributed by atoms with Crippen LogP contribution in [0.4, 0.5) is 5.69 Å². The Labute approximate surface area is 174 Å². The van der Waals surface area contributed by atoms with E-state index in [2.05, 4.69) is 0 Å². The molecule has 0 bridgehead atoms. The number of esters is 1. The lowest BCUT2D eigenvalue weighted by Gasteiger charge is -2.20. The maximum atomic E-state index is 13.5. The largest absolute Gasteiger partial charge is 0.497 e. The van der Waals surface area contributed by atoms with Gasteiger partial charge in [0.05, 0.1) is 31.1 Å². The minimum atomic E-state index is -0.539. The molecule has 0 saturated carbocycles. The standard InChI is InChI=1S/C25H21NO4/c1-16-23(25(28)30-3)21(15-17-11-13-19(29-2)14-12-17)24(27)26(16)22-10-6-8-18-7-4-5-9-20(18)22/h4-15H,1-3H3/b21-15-. The molecule has 1 aliphatic rings. The molecule has 1 aliphatic heterocycles. The summed E-state index contributed by atoms with van der Waals surface area (Å²) < 4.78 is 10.2. The molecular weight excluding hydrogens is 378 g/mol. The summed E-state index contributed by atoms with van der Waals surface area (Å²) in [5, 5.41) is 1.95. The van der Waals surface area contributed by atoms with Gasteiger partial charge in [0.2, 0.25) is 0 Å². The molecule has 150 valence electrons. The summed E-state index contributed by atoms with van der Waals surface area (Å²) in [7, 11) is 2.91. The van der Waals surface area contributed by atoms with Crippen molar-refractivity contribution in [1.29, 1.82) is 0 Å². The number of fused-ring (bicyclic) bond motifs is 1. The fourth-order valence-electron chi connectivity index (χ4n) is 3.74. The van der Waals surface area contributed by atoms with Gasteiger partial charge < -0.3 is 9.47 Å². The zero-order valence-corrected chi connectivity index (χ0v) is 17.0. The zero-order valence-electron chi connectivity index (χ0n) is 17.0. The van der Waals surface area contributed by atoms with Crippen molar-refractivity contribution < 1.29 is 19.1 Å². The molecule has 4 rings (SSSR count). The number of amides is 1. The van der Waals surface area contributed by atoms with Crippen LogP contribution < -0.4 is 9.64 Å². The van der Waals surface area contributed by atoms with Crippen LogP contribution in [0, 0.1) is 0 Å². The molecule has 5 nitrogen and oxygen atoms in total. The highest BCUT2D eigenvalue weighted by Gasteiger charge is 2.38. The van der Waals surface area contributed by atoms with Gasteiger partial charge in [-0.05, 0) is 42.1 Å². The van der Waals surface area contributed by atoms with Gasteiger partial charge in [0, 0.05) is 11.1 Å². The molecule has 5 heteroatoms. The van der Waals surface area contributed by atoms with Crippen LogP contribution in [0.3, 0.4) is 0 Å². The van der Waals surface area contributed by atoms with E-state index in [4.69, 9.17) is 9.47 Å². The predicted octanol–water partition coefficient (Wildman–Crippen LogP) is 4.73. The average Bonchev–Trinajstić information content (AvgIpc) is 3.02. The second-order valence-electron chi connectivity index (χ2n) is 6.92. The van der Waals surface area contributed by atoms with Crippen LogP contribution in [0.25, 0.3) is 16.8 Å². The first kappa shape index (κ1) is 19.5. The third-order valence-electron chi connectivity index (χ3n) is 5.22. The van der Waals surface area contributed by atoms with E-state index in [0.717, 1.165) is 22.0 Å². The third kappa shape index (κ3) is 3.24. The summed E-state index contributed by atoms with van der Waals surface area (Å²) in [4.78, 5) is 27.7. The SMILES string of the molecule is COC(=O)C1=C(C)N(c2cccc3ccccc23)C(=O)/C1=C\c1ccc(OC)cc1. The van der Waals surface area contributed by atoms with Crippen molar-refractivity contribution >= 4 is 34.4 Å². The number of carbonyl (C=O) groups excluding carboxylic acids is 2. The number of rotatable bonds is 4. The summed E-state index contributed by atoms with van der Waals surface area (Å²) in [6, 6.07) is 20.9. The smallest absolute Gasteiger partial charge is 0.340 e. The number of hydrogen-bond acceptors (Lipinski definition) is 4. The number of anilines is 1. The molecule has 30 heavy (non-hydrogen) atoms. The predicted molar refractivity (Wildman–Crippen MR) is 117 cm³/mol. The van der Waals surface area contributed by atoms with Crippen molar-refractivity contribution in [3.05, 3.63) is 89.1 Å². The Morgan fingerprint density at radius 1 is 0.933 bits per heavy atom. The van der Waals surface area contributed by atoms with Crippen LogP contribution in [0.1, 0.15) is 12.5 Å². The molecule has 3 aromatic carbocycles. The maximum absolute atomic E-state index is 13.5. The van der Waals surface area contributed by atoms with Gasteiger partial charge in [-0.2, -0.15) is 0 Å². The molecule has 0 atom stereocenters.